The Morgan fingerprint density at radius 3 is 2.70 bits per heavy atom. The number of nitrogens with one attached hydrogen (secondary N) is 1. The molecule has 27 heavy (non-hydrogen) atoms. The van der Waals surface area contributed by atoms with Crippen molar-refractivity contribution in [3.05, 3.63) is 36.0 Å². The van der Waals surface area contributed by atoms with E-state index in [-0.39, 0.29) is 6.10 Å². The summed E-state index contributed by atoms with van der Waals surface area (Å²) < 4.78 is 0. The summed E-state index contributed by atoms with van der Waals surface area (Å²) >= 11 is 0. The zero-order valence-corrected chi connectivity index (χ0v) is 16.4. The molecule has 1 aliphatic heterocycles. The Labute approximate surface area is 163 Å². The summed E-state index contributed by atoms with van der Waals surface area (Å²) in [7, 11) is 0. The van der Waals surface area contributed by atoms with Gasteiger partial charge in [-0.3, -0.25) is 0 Å². The van der Waals surface area contributed by atoms with Crippen LogP contribution in [0.2, 0.25) is 0 Å². The third kappa shape index (κ3) is 3.34. The Bertz CT molecular complexity index is 769. The number of unbranched alkanes of at least 4 members (excludes halogenated alkanes) is 1. The molecule has 2 heterocycles. The summed E-state index contributed by atoms with van der Waals surface area (Å²) in [6.07, 6.45) is 12.6. The quantitative estimate of drug-likeness (QED) is 0.759. The predicted molar refractivity (Wildman–Crippen MR) is 111 cm³/mol. The van der Waals surface area contributed by atoms with Gasteiger partial charge in [-0.25, -0.2) is 0 Å². The first-order valence-electron chi connectivity index (χ1n) is 11.3. The summed E-state index contributed by atoms with van der Waals surface area (Å²) in [4.78, 5) is 6.04. The molecule has 2 saturated carbocycles. The molecule has 0 amide bonds. The van der Waals surface area contributed by atoms with Crippen LogP contribution in [0.4, 0.5) is 0 Å². The standard InChI is InChI=1S/C24H34N2O/c27-24-21-10-2-1-9-19(21)20-12-14-26(16-22(20)24)13-6-5-7-17-15-25-23-11-4-3-8-18(17)23/h3-4,8,11,15,19-22,24-25,27H,1-2,5-7,9-10,12-14,16H2. The summed E-state index contributed by atoms with van der Waals surface area (Å²) in [6, 6.07) is 8.62. The Morgan fingerprint density at radius 2 is 1.78 bits per heavy atom. The highest BCUT2D eigenvalue weighted by Crippen LogP contribution is 2.52. The lowest BCUT2D eigenvalue weighted by atomic mass is 9.75. The lowest BCUT2D eigenvalue weighted by Crippen LogP contribution is -2.43. The van der Waals surface area contributed by atoms with Gasteiger partial charge < -0.3 is 15.0 Å². The predicted octanol–water partition coefficient (Wildman–Crippen LogP) is 4.61. The number of aromatic nitrogens is 1. The van der Waals surface area contributed by atoms with Gasteiger partial charge in [0.15, 0.2) is 0 Å². The van der Waals surface area contributed by atoms with Gasteiger partial charge in [-0.15, -0.1) is 0 Å². The molecule has 5 unspecified atom stereocenters. The lowest BCUT2D eigenvalue weighted by molar-refractivity contribution is 0.0364. The summed E-state index contributed by atoms with van der Waals surface area (Å²) in [5.41, 5.74) is 2.71. The molecule has 3 heteroatoms. The largest absolute Gasteiger partial charge is 0.392 e. The van der Waals surface area contributed by atoms with Crippen molar-refractivity contribution in [3.63, 3.8) is 0 Å². The van der Waals surface area contributed by atoms with Crippen molar-refractivity contribution < 1.29 is 5.11 Å². The van der Waals surface area contributed by atoms with Gasteiger partial charge in [-0.1, -0.05) is 31.0 Å². The van der Waals surface area contributed by atoms with Crippen molar-refractivity contribution in [2.75, 3.05) is 19.6 Å². The molecule has 1 saturated heterocycles. The van der Waals surface area contributed by atoms with Crippen LogP contribution in [0.5, 0.6) is 0 Å². The van der Waals surface area contributed by atoms with Crippen molar-refractivity contribution in [2.45, 2.75) is 57.5 Å². The number of H-pyrrole nitrogens is 1. The summed E-state index contributed by atoms with van der Waals surface area (Å²) in [5.74, 6) is 2.83. The number of aryl methyl sites for hydroxylation is 1. The van der Waals surface area contributed by atoms with E-state index in [9.17, 15) is 5.11 Å². The number of aromatic amines is 1. The normalized spacial score (nSPS) is 33.9. The molecule has 2 aliphatic carbocycles. The molecule has 0 bridgehead atoms. The minimum Gasteiger partial charge on any atom is -0.392 e. The molecule has 0 spiro atoms. The molecule has 3 aliphatic rings. The highest BCUT2D eigenvalue weighted by atomic mass is 16.3. The molecular formula is C24H34N2O. The molecule has 146 valence electrons. The average Bonchev–Trinajstić information content (AvgIpc) is 3.25. The maximum absolute atomic E-state index is 10.9. The minimum absolute atomic E-state index is 0.0191. The Hall–Kier alpha value is -1.32. The van der Waals surface area contributed by atoms with Gasteiger partial charge in [0.25, 0.3) is 0 Å². The number of likely N-dealkylation sites (tertiary alicyclic amines) is 1. The molecule has 3 nitrogen and oxygen atoms in total. The fourth-order valence-electron chi connectivity index (χ4n) is 6.62. The maximum atomic E-state index is 10.9. The van der Waals surface area contributed by atoms with Crippen molar-refractivity contribution in [1.29, 1.82) is 0 Å². The van der Waals surface area contributed by atoms with E-state index in [0.29, 0.717) is 11.8 Å². The number of hydrogen-bond acceptors (Lipinski definition) is 2. The van der Waals surface area contributed by atoms with Crippen LogP contribution < -0.4 is 0 Å². The number of benzene rings is 1. The first kappa shape index (κ1) is 17.8. The lowest BCUT2D eigenvalue weighted by Gasteiger charge is -2.38. The van der Waals surface area contributed by atoms with Crippen molar-refractivity contribution in [2.24, 2.45) is 23.7 Å². The van der Waals surface area contributed by atoms with Crippen LogP contribution in [0, 0.1) is 23.7 Å². The minimum atomic E-state index is -0.0191. The number of hydrogen-bond donors (Lipinski definition) is 2. The number of nitrogens with zero attached hydrogens (tertiary/aromatic N) is 1. The second kappa shape index (κ2) is 7.60. The molecule has 5 atom stereocenters. The van der Waals surface area contributed by atoms with Crippen LogP contribution >= 0.6 is 0 Å². The second-order valence-corrected chi connectivity index (χ2v) is 9.34. The van der Waals surface area contributed by atoms with Gasteiger partial charge in [0.2, 0.25) is 0 Å². The van der Waals surface area contributed by atoms with Crippen LogP contribution in [0.25, 0.3) is 10.9 Å². The molecule has 2 aromatic rings. The van der Waals surface area contributed by atoms with E-state index in [1.165, 1.54) is 74.5 Å². The van der Waals surface area contributed by atoms with E-state index in [2.05, 4.69) is 40.3 Å². The van der Waals surface area contributed by atoms with Gasteiger partial charge in [0.1, 0.15) is 0 Å². The SMILES string of the molecule is OC1C2CCCCC2C2CCN(CCCCc3c[nH]c4ccccc34)CC12. The average molecular weight is 367 g/mol. The van der Waals surface area contributed by atoms with Gasteiger partial charge in [-0.2, -0.15) is 0 Å². The topological polar surface area (TPSA) is 39.3 Å². The fourth-order valence-corrected chi connectivity index (χ4v) is 6.62. The molecule has 0 radical (unpaired) electrons. The monoisotopic (exact) mass is 366 g/mol. The van der Waals surface area contributed by atoms with Gasteiger partial charge in [0.05, 0.1) is 6.10 Å². The van der Waals surface area contributed by atoms with Crippen molar-refractivity contribution >= 4 is 10.9 Å². The molecule has 5 rings (SSSR count). The van der Waals surface area contributed by atoms with E-state index < -0.39 is 0 Å². The smallest absolute Gasteiger partial charge is 0.0614 e. The Balaban J connectivity index is 1.12. The van der Waals surface area contributed by atoms with Crippen LogP contribution in [-0.2, 0) is 6.42 Å². The number of para-hydroxylation sites is 1. The third-order valence-corrected chi connectivity index (χ3v) is 7.95. The van der Waals surface area contributed by atoms with Gasteiger partial charge >= 0.3 is 0 Å². The van der Waals surface area contributed by atoms with Crippen LogP contribution in [0.15, 0.2) is 30.5 Å². The van der Waals surface area contributed by atoms with Gasteiger partial charge in [0, 0.05) is 29.6 Å². The summed E-state index contributed by atoms with van der Waals surface area (Å²) in [6.45, 7) is 3.60. The van der Waals surface area contributed by atoms with E-state index >= 15 is 0 Å². The number of rotatable bonds is 5. The third-order valence-electron chi connectivity index (χ3n) is 7.95. The van der Waals surface area contributed by atoms with E-state index in [1.54, 1.807) is 0 Å². The van der Waals surface area contributed by atoms with Crippen LogP contribution in [-0.4, -0.2) is 40.7 Å². The number of piperidine rings is 1. The zero-order valence-electron chi connectivity index (χ0n) is 16.4. The van der Waals surface area contributed by atoms with Crippen LogP contribution in [0.3, 0.4) is 0 Å². The van der Waals surface area contributed by atoms with E-state index in [4.69, 9.17) is 0 Å². The number of fused-ring (bicyclic) bond motifs is 4. The van der Waals surface area contributed by atoms with E-state index in [1.807, 2.05) is 0 Å². The van der Waals surface area contributed by atoms with Gasteiger partial charge in [-0.05, 0) is 81.0 Å². The first-order chi connectivity index (χ1) is 13.3. The fraction of sp³-hybridized carbons (Fsp3) is 0.667. The Kier molecular flexibility index (Phi) is 5.00. The Morgan fingerprint density at radius 1 is 0.963 bits per heavy atom. The van der Waals surface area contributed by atoms with Crippen LogP contribution in [0.1, 0.15) is 50.5 Å². The molecule has 2 N–H and O–H groups in total. The van der Waals surface area contributed by atoms with Crippen molar-refractivity contribution in [3.8, 4) is 0 Å². The summed E-state index contributed by atoms with van der Waals surface area (Å²) in [5, 5.41) is 12.3. The second-order valence-electron chi connectivity index (χ2n) is 9.34. The molecular weight excluding hydrogens is 332 g/mol. The maximum Gasteiger partial charge on any atom is 0.0614 e. The first-order valence-corrected chi connectivity index (χ1v) is 11.3. The number of aliphatic hydroxyl groups is 1. The highest BCUT2D eigenvalue weighted by Gasteiger charge is 2.51. The zero-order chi connectivity index (χ0) is 18.2. The van der Waals surface area contributed by atoms with Crippen molar-refractivity contribution in [1.82, 2.24) is 9.88 Å². The highest BCUT2D eigenvalue weighted by molar-refractivity contribution is 5.82. The molecule has 1 aromatic carbocycles. The van der Waals surface area contributed by atoms with E-state index in [0.717, 1.165) is 24.8 Å². The molecule has 1 aromatic heterocycles. The molecule has 3 fully saturated rings. The number of aliphatic hydroxyl groups excluding tert-OH is 1.